The highest BCUT2D eigenvalue weighted by atomic mass is 32.2. The molecule has 1 atom stereocenters. The molecule has 0 fully saturated rings. The monoisotopic (exact) mass is 253 g/mol. The highest BCUT2D eigenvalue weighted by Gasteiger charge is 2.43. The first-order valence-corrected chi connectivity index (χ1v) is 6.43. The minimum atomic E-state index is -3.76. The van der Waals surface area contributed by atoms with Crippen LogP contribution in [-0.2, 0) is 14.8 Å². The third kappa shape index (κ3) is 1.60. The molecule has 0 N–H and O–H groups in total. The molecule has 0 radical (unpaired) electrons. The van der Waals surface area contributed by atoms with E-state index in [-0.39, 0.29) is 10.5 Å². The lowest BCUT2D eigenvalue weighted by molar-refractivity contribution is -0.119. The molecular weight excluding hydrogens is 242 g/mol. The first kappa shape index (κ1) is 11.9. The van der Waals surface area contributed by atoms with Gasteiger partial charge in [-0.25, -0.2) is 8.42 Å². The van der Waals surface area contributed by atoms with Gasteiger partial charge in [-0.1, -0.05) is 12.1 Å². The summed E-state index contributed by atoms with van der Waals surface area (Å²) in [6.45, 7) is 1.21. The summed E-state index contributed by atoms with van der Waals surface area (Å²) in [4.78, 5) is 23.4. The van der Waals surface area contributed by atoms with E-state index in [2.05, 4.69) is 0 Å². The number of hydrogen-bond acceptors (Lipinski definition) is 4. The lowest BCUT2D eigenvalue weighted by Gasteiger charge is -2.30. The number of likely N-dealkylation sites (N-methyl/N-ethyl adjacent to an activating group) is 1. The molecule has 0 aromatic heterocycles. The van der Waals surface area contributed by atoms with Crippen LogP contribution in [0.3, 0.4) is 0 Å². The van der Waals surface area contributed by atoms with Crippen molar-refractivity contribution in [3.8, 4) is 0 Å². The molecule has 0 aliphatic carbocycles. The highest BCUT2D eigenvalue weighted by molar-refractivity contribution is 7.89. The molecule has 1 unspecified atom stereocenters. The predicted molar refractivity (Wildman–Crippen MR) is 60.2 cm³/mol. The molecule has 1 heterocycles. The molecule has 0 amide bonds. The number of nitrogens with zero attached hydrogens (tertiary/aromatic N) is 1. The van der Waals surface area contributed by atoms with E-state index in [4.69, 9.17) is 0 Å². The lowest BCUT2D eigenvalue weighted by Crippen LogP contribution is -2.50. The smallest absolute Gasteiger partial charge is 0.244 e. The first-order chi connectivity index (χ1) is 7.87. The third-order valence-corrected chi connectivity index (χ3v) is 4.69. The van der Waals surface area contributed by atoms with Gasteiger partial charge < -0.3 is 0 Å². The molecular formula is C11H11NO4S. The SMILES string of the molecule is CC(=O)C1C(=O)c2ccccc2S(=O)(=O)N1C. The molecule has 6 heteroatoms. The molecule has 1 aromatic carbocycles. The van der Waals surface area contributed by atoms with Crippen molar-refractivity contribution in [2.75, 3.05) is 7.05 Å². The van der Waals surface area contributed by atoms with Gasteiger partial charge in [0.1, 0.15) is 6.04 Å². The van der Waals surface area contributed by atoms with Crippen LogP contribution in [0, 0.1) is 0 Å². The number of benzene rings is 1. The van der Waals surface area contributed by atoms with Gasteiger partial charge in [-0.15, -0.1) is 0 Å². The highest BCUT2D eigenvalue weighted by Crippen LogP contribution is 2.28. The Morgan fingerprint density at radius 2 is 1.88 bits per heavy atom. The number of carbonyl (C=O) groups excluding carboxylic acids is 2. The van der Waals surface area contributed by atoms with Crippen LogP contribution < -0.4 is 0 Å². The fraction of sp³-hybridized carbons (Fsp3) is 0.273. The van der Waals surface area contributed by atoms with Crippen molar-refractivity contribution in [3.63, 3.8) is 0 Å². The standard InChI is InChI=1S/C11H11NO4S/c1-7(13)10-11(14)8-5-3-4-6-9(8)17(15,16)12(10)2/h3-6,10H,1-2H3. The van der Waals surface area contributed by atoms with Gasteiger partial charge in [-0.2, -0.15) is 4.31 Å². The zero-order chi connectivity index (χ0) is 12.8. The van der Waals surface area contributed by atoms with Crippen LogP contribution in [0.25, 0.3) is 0 Å². The van der Waals surface area contributed by atoms with Crippen molar-refractivity contribution < 1.29 is 18.0 Å². The van der Waals surface area contributed by atoms with Gasteiger partial charge in [0.2, 0.25) is 10.0 Å². The molecule has 0 spiro atoms. The zero-order valence-electron chi connectivity index (χ0n) is 9.38. The predicted octanol–water partition coefficient (Wildman–Crippen LogP) is 0.461. The van der Waals surface area contributed by atoms with Crippen LogP contribution in [0.15, 0.2) is 29.2 Å². The summed E-state index contributed by atoms with van der Waals surface area (Å²) in [6, 6.07) is 4.68. The summed E-state index contributed by atoms with van der Waals surface area (Å²) in [5, 5.41) is 0. The molecule has 0 saturated heterocycles. The van der Waals surface area contributed by atoms with E-state index in [1.807, 2.05) is 0 Å². The number of rotatable bonds is 1. The van der Waals surface area contributed by atoms with Gasteiger partial charge in [-0.3, -0.25) is 9.59 Å². The van der Waals surface area contributed by atoms with Gasteiger partial charge in [0, 0.05) is 12.6 Å². The Kier molecular flexibility index (Phi) is 2.63. The molecule has 1 aliphatic heterocycles. The lowest BCUT2D eigenvalue weighted by atomic mass is 10.0. The third-order valence-electron chi connectivity index (χ3n) is 2.81. The zero-order valence-corrected chi connectivity index (χ0v) is 10.2. The minimum absolute atomic E-state index is 0.0370. The topological polar surface area (TPSA) is 71.5 Å². The Morgan fingerprint density at radius 1 is 1.29 bits per heavy atom. The molecule has 1 aliphatic rings. The molecule has 90 valence electrons. The molecule has 0 saturated carbocycles. The van der Waals surface area contributed by atoms with Gasteiger partial charge in [-0.05, 0) is 19.1 Å². The maximum atomic E-state index is 12.1. The van der Waals surface area contributed by atoms with Crippen LogP contribution in [0.2, 0.25) is 0 Å². The fourth-order valence-corrected chi connectivity index (χ4v) is 3.47. The number of sulfonamides is 1. The summed E-state index contributed by atoms with van der Waals surface area (Å²) in [7, 11) is -2.51. The Morgan fingerprint density at radius 3 is 2.47 bits per heavy atom. The van der Waals surface area contributed by atoms with E-state index in [9.17, 15) is 18.0 Å². The maximum Gasteiger partial charge on any atom is 0.244 e. The Bertz CT molecular complexity index is 606. The van der Waals surface area contributed by atoms with Crippen molar-refractivity contribution in [2.24, 2.45) is 0 Å². The number of ketones is 2. The van der Waals surface area contributed by atoms with E-state index in [0.717, 1.165) is 4.31 Å². The van der Waals surface area contributed by atoms with Crippen LogP contribution in [-0.4, -0.2) is 37.4 Å². The largest absolute Gasteiger partial charge is 0.298 e. The Hall–Kier alpha value is -1.53. The molecule has 2 rings (SSSR count). The number of Topliss-reactive ketones (excluding diaryl/α,β-unsaturated/α-hetero) is 2. The minimum Gasteiger partial charge on any atom is -0.298 e. The molecule has 1 aromatic rings. The van der Waals surface area contributed by atoms with Gasteiger partial charge >= 0.3 is 0 Å². The second-order valence-corrected chi connectivity index (χ2v) is 5.86. The normalized spacial score (nSPS) is 23.2. The van der Waals surface area contributed by atoms with Crippen LogP contribution in [0.5, 0.6) is 0 Å². The summed E-state index contributed by atoms with van der Waals surface area (Å²) in [6.07, 6.45) is 0. The average molecular weight is 253 g/mol. The first-order valence-electron chi connectivity index (χ1n) is 4.99. The van der Waals surface area contributed by atoms with Gasteiger partial charge in [0.05, 0.1) is 4.90 Å². The second kappa shape index (κ2) is 3.75. The number of carbonyl (C=O) groups is 2. The number of fused-ring (bicyclic) bond motifs is 1. The number of hydrogen-bond donors (Lipinski definition) is 0. The van der Waals surface area contributed by atoms with Crippen LogP contribution in [0.4, 0.5) is 0 Å². The molecule has 5 nitrogen and oxygen atoms in total. The Balaban J connectivity index is 2.75. The summed E-state index contributed by atoms with van der Waals surface area (Å²) < 4.78 is 25.0. The summed E-state index contributed by atoms with van der Waals surface area (Å²) in [5.74, 6) is -0.944. The van der Waals surface area contributed by atoms with Crippen molar-refractivity contribution in [3.05, 3.63) is 29.8 Å². The summed E-state index contributed by atoms with van der Waals surface area (Å²) in [5.41, 5.74) is 0.0887. The summed E-state index contributed by atoms with van der Waals surface area (Å²) >= 11 is 0. The van der Waals surface area contributed by atoms with E-state index >= 15 is 0 Å². The van der Waals surface area contributed by atoms with Crippen molar-refractivity contribution in [2.45, 2.75) is 17.9 Å². The van der Waals surface area contributed by atoms with E-state index < -0.39 is 27.6 Å². The molecule has 17 heavy (non-hydrogen) atoms. The second-order valence-electron chi connectivity index (χ2n) is 3.89. The van der Waals surface area contributed by atoms with E-state index in [0.29, 0.717) is 0 Å². The van der Waals surface area contributed by atoms with E-state index in [1.165, 1.54) is 26.1 Å². The van der Waals surface area contributed by atoms with Gasteiger partial charge in [0.15, 0.2) is 11.6 Å². The average Bonchev–Trinajstić information content (AvgIpc) is 2.27. The van der Waals surface area contributed by atoms with Gasteiger partial charge in [0.25, 0.3) is 0 Å². The quantitative estimate of drug-likeness (QED) is 0.682. The fourth-order valence-electron chi connectivity index (χ4n) is 1.94. The molecule has 0 bridgehead atoms. The van der Waals surface area contributed by atoms with E-state index in [1.54, 1.807) is 12.1 Å². The van der Waals surface area contributed by atoms with Crippen molar-refractivity contribution in [1.29, 1.82) is 0 Å². The Labute approximate surface area is 99.1 Å². The van der Waals surface area contributed by atoms with Crippen molar-refractivity contribution >= 4 is 21.6 Å². The maximum absolute atomic E-state index is 12.1. The van der Waals surface area contributed by atoms with Crippen LogP contribution in [0.1, 0.15) is 17.3 Å². The van der Waals surface area contributed by atoms with Crippen molar-refractivity contribution in [1.82, 2.24) is 4.31 Å². The van der Waals surface area contributed by atoms with Crippen LogP contribution >= 0.6 is 0 Å².